The highest BCUT2D eigenvalue weighted by atomic mass is 16.2. The predicted octanol–water partition coefficient (Wildman–Crippen LogP) is 2.66. The van der Waals surface area contributed by atoms with Crippen molar-refractivity contribution in [1.82, 2.24) is 9.80 Å². The second-order valence-corrected chi connectivity index (χ2v) is 7.65. The predicted molar refractivity (Wildman–Crippen MR) is 84.3 cm³/mol. The molecule has 0 radical (unpaired) electrons. The van der Waals surface area contributed by atoms with Gasteiger partial charge in [-0.3, -0.25) is 0 Å². The van der Waals surface area contributed by atoms with E-state index < -0.39 is 0 Å². The van der Waals surface area contributed by atoms with Gasteiger partial charge in [0.15, 0.2) is 0 Å². The average molecular weight is 305 g/mol. The van der Waals surface area contributed by atoms with Gasteiger partial charge >= 0.3 is 6.03 Å². The van der Waals surface area contributed by atoms with Gasteiger partial charge in [0.25, 0.3) is 0 Å². The minimum absolute atomic E-state index is 0.108. The molecule has 5 nitrogen and oxygen atoms in total. The first-order chi connectivity index (χ1) is 10.6. The number of nitrogens with zero attached hydrogens (tertiary/aromatic N) is 3. The van der Waals surface area contributed by atoms with E-state index in [2.05, 4.69) is 4.99 Å². The van der Waals surface area contributed by atoms with E-state index in [1.165, 1.54) is 32.1 Å². The highest BCUT2D eigenvalue weighted by molar-refractivity contribution is 5.74. The summed E-state index contributed by atoms with van der Waals surface area (Å²) < 4.78 is 0. The van der Waals surface area contributed by atoms with Crippen LogP contribution in [-0.4, -0.2) is 54.6 Å². The maximum atomic E-state index is 12.1. The molecule has 1 heterocycles. The lowest BCUT2D eigenvalue weighted by Crippen LogP contribution is -2.41. The number of amides is 2. The van der Waals surface area contributed by atoms with Crippen LogP contribution >= 0.6 is 0 Å². The number of isocyanates is 1. The Hall–Kier alpha value is -1.35. The molecule has 1 aliphatic heterocycles. The molecule has 0 aromatic heterocycles. The molecule has 2 unspecified atom stereocenters. The fourth-order valence-corrected chi connectivity index (χ4v) is 5.08. The van der Waals surface area contributed by atoms with Crippen LogP contribution in [0.15, 0.2) is 4.99 Å². The highest BCUT2D eigenvalue weighted by Crippen LogP contribution is 2.52. The zero-order valence-electron chi connectivity index (χ0n) is 13.8. The Labute approximate surface area is 132 Å². The fourth-order valence-electron chi connectivity index (χ4n) is 5.08. The van der Waals surface area contributed by atoms with Gasteiger partial charge in [0.2, 0.25) is 6.08 Å². The minimum atomic E-state index is -0.176. The molecule has 3 aliphatic rings. The van der Waals surface area contributed by atoms with Crippen molar-refractivity contribution in [3.05, 3.63) is 0 Å². The quantitative estimate of drug-likeness (QED) is 0.582. The zero-order valence-corrected chi connectivity index (χ0v) is 13.8. The Morgan fingerprint density at radius 2 is 1.73 bits per heavy atom. The molecule has 0 bridgehead atoms. The van der Waals surface area contributed by atoms with E-state index >= 15 is 0 Å². The smallest absolute Gasteiger partial charge is 0.319 e. The number of carbonyl (C=O) groups excluding carboxylic acids is 2. The summed E-state index contributed by atoms with van der Waals surface area (Å²) in [5.41, 5.74) is -0.176. The van der Waals surface area contributed by atoms with Crippen LogP contribution in [0.1, 0.15) is 44.9 Å². The van der Waals surface area contributed by atoms with Crippen LogP contribution in [0.5, 0.6) is 0 Å². The highest BCUT2D eigenvalue weighted by Gasteiger charge is 2.53. The Balaban J connectivity index is 1.71. The van der Waals surface area contributed by atoms with Crippen molar-refractivity contribution in [2.24, 2.45) is 22.7 Å². The van der Waals surface area contributed by atoms with Crippen LogP contribution in [-0.2, 0) is 4.79 Å². The monoisotopic (exact) mass is 305 g/mol. The normalized spacial score (nSPS) is 35.1. The summed E-state index contributed by atoms with van der Waals surface area (Å²) >= 11 is 0. The third-order valence-corrected chi connectivity index (χ3v) is 6.09. The van der Waals surface area contributed by atoms with Crippen molar-refractivity contribution in [3.63, 3.8) is 0 Å². The Morgan fingerprint density at radius 3 is 2.23 bits per heavy atom. The standard InChI is InChI=1S/C17H27N3O2/c1-19(2)16(22)20-10-13-8-17(18-12-21,9-14(13)11-20)15-6-4-3-5-7-15/h13-15H,3-11H2,1-2H3. The average Bonchev–Trinajstić information content (AvgIpc) is 3.04. The molecular formula is C17H27N3O2. The number of fused-ring (bicyclic) bond motifs is 1. The van der Waals surface area contributed by atoms with Crippen LogP contribution < -0.4 is 0 Å². The van der Waals surface area contributed by atoms with Gasteiger partial charge in [0.1, 0.15) is 0 Å². The maximum Gasteiger partial charge on any atom is 0.319 e. The van der Waals surface area contributed by atoms with Gasteiger partial charge in [-0.25, -0.2) is 9.59 Å². The van der Waals surface area contributed by atoms with Gasteiger partial charge in [0.05, 0.1) is 5.54 Å². The van der Waals surface area contributed by atoms with Crippen molar-refractivity contribution in [2.75, 3.05) is 27.2 Å². The second kappa shape index (κ2) is 6.04. The number of hydrogen-bond donors (Lipinski definition) is 0. The molecule has 2 atom stereocenters. The summed E-state index contributed by atoms with van der Waals surface area (Å²) in [5.74, 6) is 1.55. The first-order valence-corrected chi connectivity index (χ1v) is 8.61. The van der Waals surface area contributed by atoms with E-state index in [4.69, 9.17) is 0 Å². The summed E-state index contributed by atoms with van der Waals surface area (Å²) in [6, 6.07) is 0.108. The molecule has 5 heteroatoms. The van der Waals surface area contributed by atoms with Crippen molar-refractivity contribution in [1.29, 1.82) is 0 Å². The van der Waals surface area contributed by atoms with Crippen LogP contribution in [0.2, 0.25) is 0 Å². The number of carbonyl (C=O) groups is 1. The van der Waals surface area contributed by atoms with Crippen molar-refractivity contribution in [2.45, 2.75) is 50.5 Å². The summed E-state index contributed by atoms with van der Waals surface area (Å²) in [6.07, 6.45) is 10.1. The molecule has 0 aromatic carbocycles. The molecule has 122 valence electrons. The van der Waals surface area contributed by atoms with Crippen molar-refractivity contribution >= 4 is 12.1 Å². The van der Waals surface area contributed by atoms with Crippen LogP contribution in [0.25, 0.3) is 0 Å². The van der Waals surface area contributed by atoms with Gasteiger partial charge in [-0.15, -0.1) is 0 Å². The molecular weight excluding hydrogens is 278 g/mol. The van der Waals surface area contributed by atoms with Crippen LogP contribution in [0.4, 0.5) is 4.79 Å². The molecule has 0 N–H and O–H groups in total. The minimum Gasteiger partial charge on any atom is -0.331 e. The lowest BCUT2D eigenvalue weighted by atomic mass is 9.73. The van der Waals surface area contributed by atoms with Gasteiger partial charge < -0.3 is 9.80 Å². The molecule has 2 saturated carbocycles. The number of likely N-dealkylation sites (tertiary alicyclic amines) is 1. The molecule has 2 amide bonds. The third kappa shape index (κ3) is 2.67. The summed E-state index contributed by atoms with van der Waals surface area (Å²) in [7, 11) is 3.61. The Morgan fingerprint density at radius 1 is 1.14 bits per heavy atom. The van der Waals surface area contributed by atoms with Gasteiger partial charge in [-0.05, 0) is 43.4 Å². The van der Waals surface area contributed by atoms with E-state index in [-0.39, 0.29) is 11.6 Å². The van der Waals surface area contributed by atoms with Crippen LogP contribution in [0, 0.1) is 17.8 Å². The zero-order chi connectivity index (χ0) is 15.7. The van der Waals surface area contributed by atoms with E-state index in [9.17, 15) is 9.59 Å². The molecule has 1 saturated heterocycles. The number of hydrogen-bond acceptors (Lipinski definition) is 3. The van der Waals surface area contributed by atoms with Crippen LogP contribution in [0.3, 0.4) is 0 Å². The Bertz CT molecular complexity index is 464. The molecule has 3 fully saturated rings. The fraction of sp³-hybridized carbons (Fsp3) is 0.882. The van der Waals surface area contributed by atoms with E-state index in [1.807, 2.05) is 11.0 Å². The SMILES string of the molecule is CN(C)C(=O)N1CC2CC(N=C=O)(C3CCCCC3)CC2C1. The summed E-state index contributed by atoms with van der Waals surface area (Å²) in [6.45, 7) is 1.65. The molecule has 2 aliphatic carbocycles. The van der Waals surface area contributed by atoms with E-state index in [0.29, 0.717) is 17.8 Å². The largest absolute Gasteiger partial charge is 0.331 e. The Kier molecular flexibility index (Phi) is 4.26. The first-order valence-electron chi connectivity index (χ1n) is 8.61. The second-order valence-electron chi connectivity index (χ2n) is 7.65. The van der Waals surface area contributed by atoms with E-state index in [1.54, 1.807) is 19.0 Å². The molecule has 0 spiro atoms. The van der Waals surface area contributed by atoms with Gasteiger partial charge in [0, 0.05) is 27.2 Å². The lowest BCUT2D eigenvalue weighted by Gasteiger charge is -2.37. The number of rotatable bonds is 2. The van der Waals surface area contributed by atoms with Crippen molar-refractivity contribution in [3.8, 4) is 0 Å². The molecule has 3 rings (SSSR count). The third-order valence-electron chi connectivity index (χ3n) is 6.09. The number of aliphatic imine (C=N–C) groups is 1. The first kappa shape index (κ1) is 15.5. The topological polar surface area (TPSA) is 53.0 Å². The van der Waals surface area contributed by atoms with Crippen molar-refractivity contribution < 1.29 is 9.59 Å². The van der Waals surface area contributed by atoms with E-state index in [0.717, 1.165) is 25.9 Å². The molecule has 0 aromatic rings. The van der Waals surface area contributed by atoms with Gasteiger partial charge in [-0.2, -0.15) is 4.99 Å². The summed E-state index contributed by atoms with van der Waals surface area (Å²) in [5, 5.41) is 0. The lowest BCUT2D eigenvalue weighted by molar-refractivity contribution is 0.165. The maximum absolute atomic E-state index is 12.1. The van der Waals surface area contributed by atoms with Gasteiger partial charge in [-0.1, -0.05) is 19.3 Å². The summed E-state index contributed by atoms with van der Waals surface area (Å²) in [4.78, 5) is 31.1. The molecule has 22 heavy (non-hydrogen) atoms. The number of urea groups is 1.